The fourth-order valence-corrected chi connectivity index (χ4v) is 1.65. The van der Waals surface area contributed by atoms with Crippen LogP contribution in [0.2, 0.25) is 0 Å². The zero-order chi connectivity index (χ0) is 9.68. The highest BCUT2D eigenvalue weighted by atomic mass is 32.2. The Bertz CT molecular complexity index is 247. The molecule has 1 aromatic heterocycles. The minimum Gasteiger partial charge on any atom is -0.440 e. The molecule has 0 N–H and O–H groups in total. The average Bonchev–Trinajstić information content (AvgIpc) is 2.53. The Morgan fingerprint density at radius 2 is 2.23 bits per heavy atom. The van der Waals surface area contributed by atoms with Gasteiger partial charge in [0.15, 0.2) is 6.29 Å². The van der Waals surface area contributed by atoms with E-state index >= 15 is 0 Å². The Labute approximate surface area is 81.6 Å². The van der Waals surface area contributed by atoms with Gasteiger partial charge < -0.3 is 13.9 Å². The van der Waals surface area contributed by atoms with E-state index in [1.807, 2.05) is 6.92 Å². The van der Waals surface area contributed by atoms with E-state index < -0.39 is 0 Å². The monoisotopic (exact) mass is 203 g/mol. The van der Waals surface area contributed by atoms with Gasteiger partial charge in [0.2, 0.25) is 0 Å². The maximum atomic E-state index is 5.14. The predicted molar refractivity (Wildman–Crippen MR) is 49.8 cm³/mol. The first kappa shape index (κ1) is 10.6. The highest BCUT2D eigenvalue weighted by molar-refractivity contribution is 7.99. The van der Waals surface area contributed by atoms with E-state index in [0.29, 0.717) is 11.0 Å². The molecule has 0 saturated carbocycles. The van der Waals surface area contributed by atoms with Gasteiger partial charge in [0.25, 0.3) is 5.22 Å². The quantitative estimate of drug-likeness (QED) is 0.538. The summed E-state index contributed by atoms with van der Waals surface area (Å²) in [6, 6.07) is 0. The van der Waals surface area contributed by atoms with E-state index in [4.69, 9.17) is 13.9 Å². The SMILES string of the molecule is COC(CSc1nc(C)co1)OC. The molecule has 0 radical (unpaired) electrons. The summed E-state index contributed by atoms with van der Waals surface area (Å²) < 4.78 is 15.2. The van der Waals surface area contributed by atoms with Crippen LogP contribution in [0.25, 0.3) is 0 Å². The molecule has 4 nitrogen and oxygen atoms in total. The zero-order valence-electron chi connectivity index (χ0n) is 7.94. The largest absolute Gasteiger partial charge is 0.440 e. The molecule has 0 amide bonds. The van der Waals surface area contributed by atoms with E-state index in [0.717, 1.165) is 5.69 Å². The lowest BCUT2D eigenvalue weighted by molar-refractivity contribution is -0.0843. The van der Waals surface area contributed by atoms with Crippen LogP contribution in [0.1, 0.15) is 5.69 Å². The molecule has 0 spiro atoms. The van der Waals surface area contributed by atoms with E-state index in [2.05, 4.69) is 4.98 Å². The third-order valence-corrected chi connectivity index (χ3v) is 2.34. The molecule has 0 bridgehead atoms. The number of thioether (sulfide) groups is 1. The Balaban J connectivity index is 2.33. The van der Waals surface area contributed by atoms with Crippen molar-refractivity contribution in [3.05, 3.63) is 12.0 Å². The van der Waals surface area contributed by atoms with Crippen molar-refractivity contribution in [1.29, 1.82) is 0 Å². The second kappa shape index (κ2) is 5.26. The molecular weight excluding hydrogens is 190 g/mol. The van der Waals surface area contributed by atoms with Crippen molar-refractivity contribution in [2.75, 3.05) is 20.0 Å². The number of ether oxygens (including phenoxy) is 2. The summed E-state index contributed by atoms with van der Waals surface area (Å²) in [6.07, 6.45) is 1.41. The maximum Gasteiger partial charge on any atom is 0.255 e. The van der Waals surface area contributed by atoms with Crippen molar-refractivity contribution in [1.82, 2.24) is 4.98 Å². The zero-order valence-corrected chi connectivity index (χ0v) is 8.76. The smallest absolute Gasteiger partial charge is 0.255 e. The van der Waals surface area contributed by atoms with Gasteiger partial charge in [0.1, 0.15) is 6.26 Å². The molecular formula is C8H13NO3S. The Morgan fingerprint density at radius 3 is 2.69 bits per heavy atom. The van der Waals surface area contributed by atoms with Crippen LogP contribution in [0.4, 0.5) is 0 Å². The van der Waals surface area contributed by atoms with Crippen LogP contribution in [0.15, 0.2) is 15.9 Å². The number of hydrogen-bond acceptors (Lipinski definition) is 5. The fraction of sp³-hybridized carbons (Fsp3) is 0.625. The first-order valence-corrected chi connectivity index (χ1v) is 4.85. The van der Waals surface area contributed by atoms with Gasteiger partial charge in [0, 0.05) is 14.2 Å². The van der Waals surface area contributed by atoms with Gasteiger partial charge in [-0.05, 0) is 6.92 Å². The minimum absolute atomic E-state index is 0.211. The predicted octanol–water partition coefficient (Wildman–Crippen LogP) is 1.69. The molecule has 5 heteroatoms. The minimum atomic E-state index is -0.211. The number of methoxy groups -OCH3 is 2. The lowest BCUT2D eigenvalue weighted by atomic mass is 10.6. The molecule has 0 fully saturated rings. The molecule has 0 saturated heterocycles. The van der Waals surface area contributed by atoms with E-state index in [-0.39, 0.29) is 6.29 Å². The van der Waals surface area contributed by atoms with Crippen LogP contribution in [-0.2, 0) is 9.47 Å². The van der Waals surface area contributed by atoms with Crippen molar-refractivity contribution in [2.24, 2.45) is 0 Å². The average molecular weight is 203 g/mol. The lowest BCUT2D eigenvalue weighted by Gasteiger charge is -2.10. The van der Waals surface area contributed by atoms with Crippen LogP contribution in [0.3, 0.4) is 0 Å². The van der Waals surface area contributed by atoms with E-state index in [9.17, 15) is 0 Å². The standard InChI is InChI=1S/C8H13NO3S/c1-6-4-12-8(9-6)13-5-7(10-2)11-3/h4,7H,5H2,1-3H3. The Kier molecular flexibility index (Phi) is 4.27. The second-order valence-corrected chi connectivity index (χ2v) is 3.44. The normalized spacial score (nSPS) is 11.1. The number of aryl methyl sites for hydroxylation is 1. The van der Waals surface area contributed by atoms with Crippen LogP contribution < -0.4 is 0 Å². The van der Waals surface area contributed by atoms with Gasteiger partial charge in [-0.15, -0.1) is 0 Å². The highest BCUT2D eigenvalue weighted by Gasteiger charge is 2.08. The molecule has 0 aliphatic rings. The Hall–Kier alpha value is -0.520. The molecule has 1 aromatic rings. The van der Waals surface area contributed by atoms with Crippen molar-refractivity contribution >= 4 is 11.8 Å². The van der Waals surface area contributed by atoms with E-state index in [1.165, 1.54) is 11.8 Å². The third kappa shape index (κ3) is 3.38. The summed E-state index contributed by atoms with van der Waals surface area (Å²) in [7, 11) is 3.21. The second-order valence-electron chi connectivity index (χ2n) is 2.47. The van der Waals surface area contributed by atoms with Gasteiger partial charge in [-0.25, -0.2) is 4.98 Å². The van der Waals surface area contributed by atoms with Crippen molar-refractivity contribution in [3.63, 3.8) is 0 Å². The number of aromatic nitrogens is 1. The number of nitrogens with zero attached hydrogens (tertiary/aromatic N) is 1. The number of hydrogen-bond donors (Lipinski definition) is 0. The third-order valence-electron chi connectivity index (χ3n) is 1.47. The van der Waals surface area contributed by atoms with Gasteiger partial charge in [0.05, 0.1) is 11.4 Å². The summed E-state index contributed by atoms with van der Waals surface area (Å²) in [6.45, 7) is 1.89. The molecule has 0 unspecified atom stereocenters. The molecule has 74 valence electrons. The first-order chi connectivity index (χ1) is 6.26. The van der Waals surface area contributed by atoms with Gasteiger partial charge in [-0.3, -0.25) is 0 Å². The molecule has 0 aliphatic heterocycles. The molecule has 1 rings (SSSR count). The molecule has 0 aliphatic carbocycles. The molecule has 0 atom stereocenters. The number of rotatable bonds is 5. The van der Waals surface area contributed by atoms with Crippen LogP contribution in [-0.4, -0.2) is 31.2 Å². The summed E-state index contributed by atoms with van der Waals surface area (Å²) in [5.41, 5.74) is 0.883. The van der Waals surface area contributed by atoms with E-state index in [1.54, 1.807) is 20.5 Å². The summed E-state index contributed by atoms with van der Waals surface area (Å²) in [5.74, 6) is 0.674. The van der Waals surface area contributed by atoms with Gasteiger partial charge in [-0.2, -0.15) is 0 Å². The molecule has 13 heavy (non-hydrogen) atoms. The number of oxazole rings is 1. The van der Waals surface area contributed by atoms with Crippen LogP contribution in [0, 0.1) is 6.92 Å². The van der Waals surface area contributed by atoms with Crippen LogP contribution in [0.5, 0.6) is 0 Å². The maximum absolute atomic E-state index is 5.14. The molecule has 0 aromatic carbocycles. The van der Waals surface area contributed by atoms with Crippen LogP contribution >= 0.6 is 11.8 Å². The van der Waals surface area contributed by atoms with Crippen molar-refractivity contribution < 1.29 is 13.9 Å². The topological polar surface area (TPSA) is 44.5 Å². The van der Waals surface area contributed by atoms with Gasteiger partial charge >= 0.3 is 0 Å². The summed E-state index contributed by atoms with van der Waals surface area (Å²) in [4.78, 5) is 4.14. The highest BCUT2D eigenvalue weighted by Crippen LogP contribution is 2.18. The Morgan fingerprint density at radius 1 is 1.54 bits per heavy atom. The summed E-state index contributed by atoms with van der Waals surface area (Å²) in [5, 5.41) is 0.650. The fourth-order valence-electron chi connectivity index (χ4n) is 0.770. The van der Waals surface area contributed by atoms with Gasteiger partial charge in [-0.1, -0.05) is 11.8 Å². The molecule has 1 heterocycles. The van der Waals surface area contributed by atoms with Crippen molar-refractivity contribution in [2.45, 2.75) is 18.4 Å². The van der Waals surface area contributed by atoms with Crippen molar-refractivity contribution in [3.8, 4) is 0 Å². The summed E-state index contributed by atoms with van der Waals surface area (Å²) >= 11 is 1.47. The lowest BCUT2D eigenvalue weighted by Crippen LogP contribution is -2.15. The first-order valence-electron chi connectivity index (χ1n) is 3.86.